The summed E-state index contributed by atoms with van der Waals surface area (Å²) in [5.74, 6) is 0.816. The molecule has 2 aliphatic rings. The van der Waals surface area contributed by atoms with Gasteiger partial charge >= 0.3 is 0 Å². The molecule has 188 valence electrons. The van der Waals surface area contributed by atoms with E-state index < -0.39 is 5.25 Å². The number of hydrazone groups is 1. The summed E-state index contributed by atoms with van der Waals surface area (Å²) in [6.07, 6.45) is 0.664. The Kier molecular flexibility index (Phi) is 7.23. The van der Waals surface area contributed by atoms with Gasteiger partial charge in [0.15, 0.2) is 5.17 Å². The van der Waals surface area contributed by atoms with Gasteiger partial charge in [-0.05, 0) is 47.5 Å². The monoisotopic (exact) mass is 514 g/mol. The Labute approximate surface area is 219 Å². The third-order valence-corrected chi connectivity index (χ3v) is 7.31. The average Bonchev–Trinajstić information content (AvgIpc) is 3.53. The lowest BCUT2D eigenvalue weighted by atomic mass is 9.98. The molecule has 2 amide bonds. The molecule has 3 aromatic carbocycles. The number of nitrogens with one attached hydrogen (secondary N) is 1. The SMILES string of the molecule is COc1ccc(C2=NN(C3=NC(=O)C(CC(=O)Nc4cccc(OC)c4)S3)C(c3ccccc3)C2)cc1. The quantitative estimate of drug-likeness (QED) is 0.483. The molecular formula is C28H26N4O4S. The highest BCUT2D eigenvalue weighted by Gasteiger charge is 2.39. The van der Waals surface area contributed by atoms with Crippen LogP contribution in [0.4, 0.5) is 5.69 Å². The second kappa shape index (κ2) is 10.9. The summed E-state index contributed by atoms with van der Waals surface area (Å²) < 4.78 is 10.5. The smallest absolute Gasteiger partial charge is 0.262 e. The van der Waals surface area contributed by atoms with Crippen LogP contribution < -0.4 is 14.8 Å². The molecule has 3 aromatic rings. The Morgan fingerprint density at radius 3 is 2.49 bits per heavy atom. The predicted octanol–water partition coefficient (Wildman–Crippen LogP) is 4.88. The molecule has 0 saturated heterocycles. The first-order valence-corrected chi connectivity index (χ1v) is 12.7. The maximum atomic E-state index is 12.8. The fourth-order valence-corrected chi connectivity index (χ4v) is 5.33. The Hall–Kier alpha value is -4.11. The van der Waals surface area contributed by atoms with E-state index in [1.165, 1.54) is 11.8 Å². The molecule has 1 N–H and O–H groups in total. The molecule has 0 spiro atoms. The number of methoxy groups -OCH3 is 2. The largest absolute Gasteiger partial charge is 0.497 e. The fourth-order valence-electron chi connectivity index (χ4n) is 4.27. The number of carbonyl (C=O) groups excluding carboxylic acids is 2. The average molecular weight is 515 g/mol. The number of ether oxygens (including phenoxy) is 2. The van der Waals surface area contributed by atoms with E-state index in [9.17, 15) is 9.59 Å². The number of thioether (sulfide) groups is 1. The van der Waals surface area contributed by atoms with Crippen molar-refractivity contribution in [3.05, 3.63) is 90.0 Å². The summed E-state index contributed by atoms with van der Waals surface area (Å²) in [5, 5.41) is 9.42. The normalized spacial score (nSPS) is 18.9. The molecule has 8 nitrogen and oxygen atoms in total. The van der Waals surface area contributed by atoms with Crippen molar-refractivity contribution in [2.45, 2.75) is 24.1 Å². The number of anilines is 1. The summed E-state index contributed by atoms with van der Waals surface area (Å²) >= 11 is 1.28. The van der Waals surface area contributed by atoms with Gasteiger partial charge in [0.05, 0.1) is 26.0 Å². The standard InChI is InChI=1S/C28H26N4O4S/c1-35-21-13-11-18(12-14-21)23-16-24(19-7-4-3-5-8-19)32(31-23)28-30-27(34)25(37-28)17-26(33)29-20-9-6-10-22(15-20)36-2/h3-15,24-25H,16-17H2,1-2H3,(H,29,33). The molecule has 2 unspecified atom stereocenters. The number of amidine groups is 1. The van der Waals surface area contributed by atoms with E-state index in [0.29, 0.717) is 23.0 Å². The van der Waals surface area contributed by atoms with Crippen molar-refractivity contribution in [1.29, 1.82) is 0 Å². The van der Waals surface area contributed by atoms with Gasteiger partial charge in [-0.25, -0.2) is 5.01 Å². The summed E-state index contributed by atoms with van der Waals surface area (Å²) in [5.41, 5.74) is 3.56. The van der Waals surface area contributed by atoms with Crippen LogP contribution in [0, 0.1) is 0 Å². The number of carbonyl (C=O) groups is 2. The zero-order valence-corrected chi connectivity index (χ0v) is 21.3. The van der Waals surface area contributed by atoms with E-state index in [-0.39, 0.29) is 24.3 Å². The number of benzene rings is 3. The van der Waals surface area contributed by atoms with Crippen LogP contribution in [0.3, 0.4) is 0 Å². The van der Waals surface area contributed by atoms with Crippen molar-refractivity contribution in [2.24, 2.45) is 10.1 Å². The second-order valence-corrected chi connectivity index (χ2v) is 9.74. The molecule has 0 fully saturated rings. The van der Waals surface area contributed by atoms with E-state index in [4.69, 9.17) is 14.6 Å². The number of aliphatic imine (C=N–C) groups is 1. The lowest BCUT2D eigenvalue weighted by Crippen LogP contribution is -2.25. The first kappa shape index (κ1) is 24.6. The molecule has 0 aliphatic carbocycles. The van der Waals surface area contributed by atoms with Crippen LogP contribution in [0.25, 0.3) is 0 Å². The van der Waals surface area contributed by atoms with Gasteiger partial charge in [0.1, 0.15) is 16.7 Å². The highest BCUT2D eigenvalue weighted by atomic mass is 32.2. The van der Waals surface area contributed by atoms with E-state index >= 15 is 0 Å². The van der Waals surface area contributed by atoms with Crippen LogP contribution in [0.1, 0.15) is 30.0 Å². The molecule has 0 saturated carbocycles. The number of amides is 2. The van der Waals surface area contributed by atoms with Crippen LogP contribution in [0.15, 0.2) is 89.0 Å². The van der Waals surface area contributed by atoms with Crippen molar-refractivity contribution in [1.82, 2.24) is 5.01 Å². The topological polar surface area (TPSA) is 92.6 Å². The zero-order valence-electron chi connectivity index (χ0n) is 20.5. The van der Waals surface area contributed by atoms with Crippen LogP contribution in [0.5, 0.6) is 11.5 Å². The van der Waals surface area contributed by atoms with Crippen molar-refractivity contribution in [3.63, 3.8) is 0 Å². The maximum absolute atomic E-state index is 12.8. The van der Waals surface area contributed by atoms with Gasteiger partial charge in [0, 0.05) is 24.6 Å². The lowest BCUT2D eigenvalue weighted by Gasteiger charge is -2.23. The molecule has 37 heavy (non-hydrogen) atoms. The Bertz CT molecular complexity index is 1360. The number of rotatable bonds is 7. The second-order valence-electron chi connectivity index (χ2n) is 8.57. The zero-order chi connectivity index (χ0) is 25.8. The molecule has 9 heteroatoms. The van der Waals surface area contributed by atoms with Gasteiger partial charge in [-0.1, -0.05) is 48.2 Å². The lowest BCUT2D eigenvalue weighted by molar-refractivity contribution is -0.121. The van der Waals surface area contributed by atoms with Crippen LogP contribution in [0.2, 0.25) is 0 Å². The van der Waals surface area contributed by atoms with Gasteiger partial charge in [-0.2, -0.15) is 10.1 Å². The summed E-state index contributed by atoms with van der Waals surface area (Å²) in [4.78, 5) is 29.8. The molecule has 2 heterocycles. The first-order valence-electron chi connectivity index (χ1n) is 11.8. The highest BCUT2D eigenvalue weighted by Crippen LogP contribution is 2.38. The maximum Gasteiger partial charge on any atom is 0.262 e. The Balaban J connectivity index is 1.33. The first-order chi connectivity index (χ1) is 18.0. The van der Waals surface area contributed by atoms with Gasteiger partial charge in [-0.3, -0.25) is 9.59 Å². The summed E-state index contributed by atoms with van der Waals surface area (Å²) in [7, 11) is 3.20. The molecule has 2 aliphatic heterocycles. The Morgan fingerprint density at radius 1 is 1.00 bits per heavy atom. The third kappa shape index (κ3) is 5.51. The van der Waals surface area contributed by atoms with E-state index in [1.54, 1.807) is 38.5 Å². The van der Waals surface area contributed by atoms with Crippen molar-refractivity contribution in [3.8, 4) is 11.5 Å². The third-order valence-electron chi connectivity index (χ3n) is 6.17. The molecular weight excluding hydrogens is 488 g/mol. The Morgan fingerprint density at radius 2 is 1.76 bits per heavy atom. The van der Waals surface area contributed by atoms with Gasteiger partial charge in [0.2, 0.25) is 5.91 Å². The van der Waals surface area contributed by atoms with Crippen molar-refractivity contribution in [2.75, 3.05) is 19.5 Å². The minimum Gasteiger partial charge on any atom is -0.497 e. The van der Waals surface area contributed by atoms with Crippen LogP contribution in [-0.2, 0) is 9.59 Å². The van der Waals surface area contributed by atoms with Gasteiger partial charge in [-0.15, -0.1) is 0 Å². The predicted molar refractivity (Wildman–Crippen MR) is 145 cm³/mol. The fraction of sp³-hybridized carbons (Fsp3) is 0.214. The number of nitrogens with zero attached hydrogens (tertiary/aromatic N) is 3. The minimum absolute atomic E-state index is 0.00655. The van der Waals surface area contributed by atoms with Gasteiger partial charge in [0.25, 0.3) is 5.91 Å². The van der Waals surface area contributed by atoms with Gasteiger partial charge < -0.3 is 14.8 Å². The number of hydrogen-bond donors (Lipinski definition) is 1. The van der Waals surface area contributed by atoms with Crippen molar-refractivity contribution < 1.29 is 19.1 Å². The molecule has 0 radical (unpaired) electrons. The van der Waals surface area contributed by atoms with E-state index in [2.05, 4.69) is 10.3 Å². The molecule has 2 atom stereocenters. The van der Waals surface area contributed by atoms with E-state index in [1.807, 2.05) is 59.6 Å². The molecule has 5 rings (SSSR count). The minimum atomic E-state index is -0.614. The van der Waals surface area contributed by atoms with Crippen molar-refractivity contribution >= 4 is 40.1 Å². The van der Waals surface area contributed by atoms with E-state index in [0.717, 1.165) is 22.6 Å². The van der Waals surface area contributed by atoms with Crippen LogP contribution >= 0.6 is 11.8 Å². The molecule has 0 bridgehead atoms. The summed E-state index contributed by atoms with van der Waals surface area (Å²) in [6, 6.07) is 24.8. The molecule has 0 aromatic heterocycles. The summed E-state index contributed by atoms with van der Waals surface area (Å²) in [6.45, 7) is 0. The number of hydrogen-bond acceptors (Lipinski definition) is 7. The van der Waals surface area contributed by atoms with Crippen LogP contribution in [-0.4, -0.2) is 47.2 Å². The highest BCUT2D eigenvalue weighted by molar-refractivity contribution is 8.15.